The molecule has 0 bridgehead atoms. The van der Waals surface area contributed by atoms with Crippen LogP contribution in [-0.4, -0.2) is 9.38 Å². The quantitative estimate of drug-likeness (QED) is 0.764. The molecule has 2 rings (SSSR count). The molecule has 0 saturated carbocycles. The lowest BCUT2D eigenvalue weighted by Crippen LogP contribution is -1.95. The third-order valence-corrected chi connectivity index (χ3v) is 3.11. The van der Waals surface area contributed by atoms with Gasteiger partial charge in [0, 0.05) is 10.7 Å². The third kappa shape index (κ3) is 1.91. The molecule has 80 valence electrons. The second kappa shape index (κ2) is 4.14. The number of imidazole rings is 1. The van der Waals surface area contributed by atoms with E-state index in [4.69, 9.17) is 11.6 Å². The number of fused-ring (bicyclic) bond motifs is 1. The van der Waals surface area contributed by atoms with Crippen LogP contribution in [0.2, 0.25) is 0 Å². The van der Waals surface area contributed by atoms with Gasteiger partial charge in [0.15, 0.2) is 0 Å². The number of hydrogen-bond acceptors (Lipinski definition) is 1. The smallest absolute Gasteiger partial charge is 0.137 e. The maximum Gasteiger partial charge on any atom is 0.137 e. The van der Waals surface area contributed by atoms with Crippen molar-refractivity contribution in [2.75, 3.05) is 0 Å². The van der Waals surface area contributed by atoms with Gasteiger partial charge in [-0.25, -0.2) is 4.98 Å². The Labute approximate surface area is 102 Å². The van der Waals surface area contributed by atoms with Crippen LogP contribution >= 0.6 is 27.5 Å². The van der Waals surface area contributed by atoms with Gasteiger partial charge in [-0.05, 0) is 34.0 Å². The van der Waals surface area contributed by atoms with E-state index in [1.807, 2.05) is 22.7 Å². The van der Waals surface area contributed by atoms with E-state index in [0.29, 0.717) is 11.8 Å². The summed E-state index contributed by atoms with van der Waals surface area (Å²) >= 11 is 9.42. The Morgan fingerprint density at radius 1 is 1.47 bits per heavy atom. The summed E-state index contributed by atoms with van der Waals surface area (Å²) in [5.74, 6) is 0.892. The van der Waals surface area contributed by atoms with Crippen LogP contribution in [0, 0.1) is 0 Å². The van der Waals surface area contributed by atoms with Crippen LogP contribution in [0.15, 0.2) is 22.8 Å². The summed E-state index contributed by atoms with van der Waals surface area (Å²) in [5.41, 5.74) is 3.13. The topological polar surface area (TPSA) is 17.3 Å². The van der Waals surface area contributed by atoms with Gasteiger partial charge < -0.3 is 4.40 Å². The Morgan fingerprint density at radius 2 is 2.20 bits per heavy atom. The molecule has 0 radical (unpaired) electrons. The number of rotatable bonds is 2. The van der Waals surface area contributed by atoms with Crippen molar-refractivity contribution in [2.45, 2.75) is 25.6 Å². The molecule has 0 unspecified atom stereocenters. The Hall–Kier alpha value is -0.540. The van der Waals surface area contributed by atoms with Gasteiger partial charge >= 0.3 is 0 Å². The molecule has 2 aromatic rings. The molecule has 2 heterocycles. The second-order valence-corrected chi connectivity index (χ2v) is 4.99. The molecule has 0 aromatic carbocycles. The lowest BCUT2D eigenvalue weighted by atomic mass is 10.1. The van der Waals surface area contributed by atoms with Crippen LogP contribution in [0.5, 0.6) is 0 Å². The zero-order valence-corrected chi connectivity index (χ0v) is 11.0. The first-order chi connectivity index (χ1) is 7.13. The predicted octanol–water partition coefficient (Wildman–Crippen LogP) is 3.96. The van der Waals surface area contributed by atoms with Crippen LogP contribution < -0.4 is 0 Å². The lowest BCUT2D eigenvalue weighted by Gasteiger charge is -2.03. The number of hydrogen-bond donors (Lipinski definition) is 0. The molecule has 4 heteroatoms. The van der Waals surface area contributed by atoms with Gasteiger partial charge in [-0.2, -0.15) is 0 Å². The van der Waals surface area contributed by atoms with Crippen molar-refractivity contribution in [3.8, 4) is 0 Å². The lowest BCUT2D eigenvalue weighted by molar-refractivity contribution is 0.818. The summed E-state index contributed by atoms with van der Waals surface area (Å²) < 4.78 is 3.08. The van der Waals surface area contributed by atoms with Gasteiger partial charge in [-0.15, -0.1) is 11.6 Å². The standard InChI is InChI=1S/C11H12BrClN2/c1-7(2)11-9(5-13)15-6-8(12)3-4-10(15)14-11/h3-4,6-7H,5H2,1-2H3. The highest BCUT2D eigenvalue weighted by Gasteiger charge is 2.13. The van der Waals surface area contributed by atoms with Gasteiger partial charge in [-0.3, -0.25) is 0 Å². The number of alkyl halides is 1. The molecule has 15 heavy (non-hydrogen) atoms. The van der Waals surface area contributed by atoms with Crippen LogP contribution in [0.4, 0.5) is 0 Å². The third-order valence-electron chi connectivity index (χ3n) is 2.39. The summed E-state index contributed by atoms with van der Waals surface area (Å²) in [5, 5.41) is 0. The monoisotopic (exact) mass is 286 g/mol. The highest BCUT2D eigenvalue weighted by Crippen LogP contribution is 2.23. The Morgan fingerprint density at radius 3 is 2.80 bits per heavy atom. The maximum atomic E-state index is 5.97. The van der Waals surface area contributed by atoms with E-state index < -0.39 is 0 Å². The van der Waals surface area contributed by atoms with Crippen LogP contribution in [0.3, 0.4) is 0 Å². The molecule has 0 N–H and O–H groups in total. The van der Waals surface area contributed by atoms with E-state index >= 15 is 0 Å². The Kier molecular flexibility index (Phi) is 3.03. The van der Waals surface area contributed by atoms with Crippen LogP contribution in [0.25, 0.3) is 5.65 Å². The molecule has 0 saturated heterocycles. The minimum atomic E-state index is 0.400. The second-order valence-electron chi connectivity index (χ2n) is 3.81. The maximum absolute atomic E-state index is 5.97. The minimum Gasteiger partial charge on any atom is -0.301 e. The van der Waals surface area contributed by atoms with Gasteiger partial charge in [-0.1, -0.05) is 13.8 Å². The van der Waals surface area contributed by atoms with Crippen molar-refractivity contribution < 1.29 is 0 Å². The highest BCUT2D eigenvalue weighted by molar-refractivity contribution is 9.10. The first-order valence-electron chi connectivity index (χ1n) is 4.86. The molecule has 0 aliphatic heterocycles. The number of aromatic nitrogens is 2. The van der Waals surface area contributed by atoms with Gasteiger partial charge in [0.1, 0.15) is 5.65 Å². The van der Waals surface area contributed by atoms with Crippen molar-refractivity contribution in [3.63, 3.8) is 0 Å². The van der Waals surface area contributed by atoms with Gasteiger partial charge in [0.2, 0.25) is 0 Å². The van der Waals surface area contributed by atoms with Crippen molar-refractivity contribution in [1.82, 2.24) is 9.38 Å². The molecular weight excluding hydrogens is 275 g/mol. The van der Waals surface area contributed by atoms with E-state index in [-0.39, 0.29) is 0 Å². The van der Waals surface area contributed by atoms with Gasteiger partial charge in [0.05, 0.1) is 17.3 Å². The fourth-order valence-corrected chi connectivity index (χ4v) is 2.28. The first-order valence-corrected chi connectivity index (χ1v) is 6.18. The van der Waals surface area contributed by atoms with Crippen molar-refractivity contribution >= 4 is 33.2 Å². The molecule has 0 spiro atoms. The highest BCUT2D eigenvalue weighted by atomic mass is 79.9. The van der Waals surface area contributed by atoms with Crippen molar-refractivity contribution in [2.24, 2.45) is 0 Å². The minimum absolute atomic E-state index is 0.400. The number of nitrogens with zero attached hydrogens (tertiary/aromatic N) is 2. The SMILES string of the molecule is CC(C)c1nc2ccc(Br)cn2c1CCl. The molecule has 0 aliphatic carbocycles. The van der Waals surface area contributed by atoms with E-state index in [0.717, 1.165) is 21.5 Å². The Balaban J connectivity index is 2.74. The van der Waals surface area contributed by atoms with Crippen molar-refractivity contribution in [1.29, 1.82) is 0 Å². The van der Waals surface area contributed by atoms with Crippen LogP contribution in [-0.2, 0) is 5.88 Å². The summed E-state index contributed by atoms with van der Waals surface area (Å²) in [4.78, 5) is 4.58. The first kappa shape index (κ1) is 11.0. The zero-order chi connectivity index (χ0) is 11.0. The molecule has 0 fully saturated rings. The predicted molar refractivity (Wildman–Crippen MR) is 66.5 cm³/mol. The summed E-state index contributed by atoms with van der Waals surface area (Å²) in [6, 6.07) is 3.98. The van der Waals surface area contributed by atoms with Crippen molar-refractivity contribution in [3.05, 3.63) is 34.2 Å². The Bertz CT molecular complexity index is 491. The van der Waals surface area contributed by atoms with E-state index in [1.165, 1.54) is 0 Å². The van der Waals surface area contributed by atoms with Gasteiger partial charge in [0.25, 0.3) is 0 Å². The molecule has 0 aliphatic rings. The zero-order valence-electron chi connectivity index (χ0n) is 8.67. The fraction of sp³-hybridized carbons (Fsp3) is 0.364. The largest absolute Gasteiger partial charge is 0.301 e. The molecule has 0 atom stereocenters. The summed E-state index contributed by atoms with van der Waals surface area (Å²) in [7, 11) is 0. The van der Waals surface area contributed by atoms with E-state index in [9.17, 15) is 0 Å². The summed E-state index contributed by atoms with van der Waals surface area (Å²) in [6.07, 6.45) is 2.01. The number of halogens is 2. The molecule has 2 nitrogen and oxygen atoms in total. The fourth-order valence-electron chi connectivity index (χ4n) is 1.68. The van der Waals surface area contributed by atoms with E-state index in [1.54, 1.807) is 0 Å². The number of pyridine rings is 1. The van der Waals surface area contributed by atoms with E-state index in [2.05, 4.69) is 34.8 Å². The average molecular weight is 288 g/mol. The summed E-state index contributed by atoms with van der Waals surface area (Å²) in [6.45, 7) is 4.26. The molecule has 0 amide bonds. The molecule has 2 aromatic heterocycles. The average Bonchev–Trinajstić information content (AvgIpc) is 2.55. The molecular formula is C11H12BrClN2. The normalized spacial score (nSPS) is 11.5. The van der Waals surface area contributed by atoms with Crippen LogP contribution in [0.1, 0.15) is 31.2 Å².